The van der Waals surface area contributed by atoms with Crippen LogP contribution >= 0.6 is 11.6 Å². The molecule has 0 radical (unpaired) electrons. The highest BCUT2D eigenvalue weighted by Crippen LogP contribution is 2.28. The molecule has 19 heavy (non-hydrogen) atoms. The molecular formula is C14H15ClN2O2. The lowest BCUT2D eigenvalue weighted by atomic mass is 10.1. The van der Waals surface area contributed by atoms with Gasteiger partial charge in [-0.3, -0.25) is 9.59 Å². The summed E-state index contributed by atoms with van der Waals surface area (Å²) >= 11 is 6.01. The SMILES string of the molecule is O=C(NC1CC1)c1ccccc1N1CC(Cl)CC1=O. The second kappa shape index (κ2) is 4.85. The van der Waals surface area contributed by atoms with Gasteiger partial charge in [-0.2, -0.15) is 0 Å². The molecule has 100 valence electrons. The first-order valence-corrected chi connectivity index (χ1v) is 6.93. The van der Waals surface area contributed by atoms with E-state index in [-0.39, 0.29) is 17.2 Å². The Labute approximate surface area is 116 Å². The Morgan fingerprint density at radius 3 is 2.68 bits per heavy atom. The van der Waals surface area contributed by atoms with Crippen LogP contribution < -0.4 is 10.2 Å². The zero-order valence-electron chi connectivity index (χ0n) is 10.4. The van der Waals surface area contributed by atoms with Crippen molar-refractivity contribution in [2.45, 2.75) is 30.7 Å². The van der Waals surface area contributed by atoms with E-state index in [9.17, 15) is 9.59 Å². The Hall–Kier alpha value is -1.55. The summed E-state index contributed by atoms with van der Waals surface area (Å²) < 4.78 is 0. The largest absolute Gasteiger partial charge is 0.349 e. The molecule has 2 aliphatic rings. The van der Waals surface area contributed by atoms with E-state index in [2.05, 4.69) is 5.32 Å². The second-order valence-electron chi connectivity index (χ2n) is 5.07. The van der Waals surface area contributed by atoms with Gasteiger partial charge in [0.05, 0.1) is 16.6 Å². The van der Waals surface area contributed by atoms with Gasteiger partial charge in [-0.05, 0) is 25.0 Å². The van der Waals surface area contributed by atoms with Crippen LogP contribution in [-0.4, -0.2) is 29.8 Å². The third kappa shape index (κ3) is 2.59. The van der Waals surface area contributed by atoms with E-state index in [0.29, 0.717) is 30.3 Å². The average molecular weight is 279 g/mol. The van der Waals surface area contributed by atoms with Crippen LogP contribution in [0.25, 0.3) is 0 Å². The van der Waals surface area contributed by atoms with Crippen molar-refractivity contribution in [2.75, 3.05) is 11.4 Å². The Morgan fingerprint density at radius 2 is 2.05 bits per heavy atom. The van der Waals surface area contributed by atoms with Gasteiger partial charge in [0.25, 0.3) is 5.91 Å². The van der Waals surface area contributed by atoms with Crippen molar-refractivity contribution in [3.8, 4) is 0 Å². The van der Waals surface area contributed by atoms with E-state index >= 15 is 0 Å². The molecule has 0 bridgehead atoms. The van der Waals surface area contributed by atoms with Gasteiger partial charge >= 0.3 is 0 Å². The molecule has 1 heterocycles. The number of rotatable bonds is 3. The van der Waals surface area contributed by atoms with Crippen molar-refractivity contribution in [1.29, 1.82) is 0 Å². The van der Waals surface area contributed by atoms with Crippen molar-refractivity contribution in [2.24, 2.45) is 0 Å². The van der Waals surface area contributed by atoms with Crippen LogP contribution in [0.2, 0.25) is 0 Å². The van der Waals surface area contributed by atoms with Gasteiger partial charge in [-0.1, -0.05) is 12.1 Å². The number of halogens is 1. The smallest absolute Gasteiger partial charge is 0.253 e. The molecule has 1 aromatic rings. The lowest BCUT2D eigenvalue weighted by Crippen LogP contribution is -2.31. The van der Waals surface area contributed by atoms with E-state index in [0.717, 1.165) is 12.8 Å². The number of anilines is 1. The number of para-hydroxylation sites is 1. The van der Waals surface area contributed by atoms with Crippen LogP contribution in [0.4, 0.5) is 5.69 Å². The number of benzene rings is 1. The first-order valence-electron chi connectivity index (χ1n) is 6.49. The van der Waals surface area contributed by atoms with E-state index < -0.39 is 0 Å². The van der Waals surface area contributed by atoms with Gasteiger partial charge in [-0.15, -0.1) is 11.6 Å². The standard InChI is InChI=1S/C14H15ClN2O2/c15-9-7-13(18)17(8-9)12-4-2-1-3-11(12)14(19)16-10-5-6-10/h1-4,9-10H,5-8H2,(H,16,19). The molecule has 0 spiro atoms. The maximum atomic E-state index is 12.2. The van der Waals surface area contributed by atoms with Crippen molar-refractivity contribution in [3.63, 3.8) is 0 Å². The Bertz CT molecular complexity index is 528. The van der Waals surface area contributed by atoms with Gasteiger partial charge in [0, 0.05) is 19.0 Å². The molecule has 1 saturated carbocycles. The maximum Gasteiger partial charge on any atom is 0.253 e. The van der Waals surface area contributed by atoms with Crippen LogP contribution in [0, 0.1) is 0 Å². The first-order chi connectivity index (χ1) is 9.15. The molecule has 1 aromatic carbocycles. The molecule has 4 nitrogen and oxygen atoms in total. The van der Waals surface area contributed by atoms with Crippen molar-refractivity contribution < 1.29 is 9.59 Å². The highest BCUT2D eigenvalue weighted by Gasteiger charge is 2.32. The summed E-state index contributed by atoms with van der Waals surface area (Å²) in [5, 5.41) is 2.78. The van der Waals surface area contributed by atoms with E-state index in [4.69, 9.17) is 11.6 Å². The summed E-state index contributed by atoms with van der Waals surface area (Å²) in [4.78, 5) is 25.7. The van der Waals surface area contributed by atoms with E-state index in [1.807, 2.05) is 12.1 Å². The number of hydrogen-bond donors (Lipinski definition) is 1. The molecule has 2 amide bonds. The number of carbonyl (C=O) groups is 2. The second-order valence-corrected chi connectivity index (χ2v) is 5.69. The summed E-state index contributed by atoms with van der Waals surface area (Å²) in [5.41, 5.74) is 1.21. The number of carbonyl (C=O) groups excluding carboxylic acids is 2. The Kier molecular flexibility index (Phi) is 3.19. The predicted molar refractivity (Wildman–Crippen MR) is 73.5 cm³/mol. The summed E-state index contributed by atoms with van der Waals surface area (Å²) in [7, 11) is 0. The minimum absolute atomic E-state index is 0.0216. The van der Waals surface area contributed by atoms with Crippen LogP contribution in [0.15, 0.2) is 24.3 Å². The Balaban J connectivity index is 1.88. The number of hydrogen-bond acceptors (Lipinski definition) is 2. The molecule has 0 aromatic heterocycles. The van der Waals surface area contributed by atoms with Crippen LogP contribution in [0.5, 0.6) is 0 Å². The van der Waals surface area contributed by atoms with Crippen molar-refractivity contribution in [3.05, 3.63) is 29.8 Å². The maximum absolute atomic E-state index is 12.2. The van der Waals surface area contributed by atoms with Crippen LogP contribution in [0.1, 0.15) is 29.6 Å². The van der Waals surface area contributed by atoms with Gasteiger partial charge in [-0.25, -0.2) is 0 Å². The number of alkyl halides is 1. The van der Waals surface area contributed by atoms with Crippen molar-refractivity contribution in [1.82, 2.24) is 5.32 Å². The van der Waals surface area contributed by atoms with Gasteiger partial charge in [0.1, 0.15) is 0 Å². The van der Waals surface area contributed by atoms with Crippen LogP contribution in [0.3, 0.4) is 0 Å². The number of amides is 2. The van der Waals surface area contributed by atoms with Crippen molar-refractivity contribution >= 4 is 29.1 Å². The highest BCUT2D eigenvalue weighted by atomic mass is 35.5. The first kappa shape index (κ1) is 12.5. The monoisotopic (exact) mass is 278 g/mol. The fourth-order valence-corrected chi connectivity index (χ4v) is 2.56. The topological polar surface area (TPSA) is 49.4 Å². The highest BCUT2D eigenvalue weighted by molar-refractivity contribution is 6.24. The summed E-state index contributed by atoms with van der Waals surface area (Å²) in [5.74, 6) is -0.129. The Morgan fingerprint density at radius 1 is 1.32 bits per heavy atom. The molecule has 1 saturated heterocycles. The third-order valence-electron chi connectivity index (χ3n) is 3.43. The number of nitrogens with zero attached hydrogens (tertiary/aromatic N) is 1. The molecule has 1 aliphatic carbocycles. The summed E-state index contributed by atoms with van der Waals surface area (Å²) in [6, 6.07) is 7.49. The van der Waals surface area contributed by atoms with E-state index in [1.165, 1.54) is 0 Å². The minimum atomic E-state index is -0.174. The molecule has 1 atom stereocenters. The minimum Gasteiger partial charge on any atom is -0.349 e. The quantitative estimate of drug-likeness (QED) is 0.859. The zero-order chi connectivity index (χ0) is 13.4. The number of nitrogens with one attached hydrogen (secondary N) is 1. The molecule has 1 N–H and O–H groups in total. The lowest BCUT2D eigenvalue weighted by Gasteiger charge is -2.19. The molecule has 1 aliphatic heterocycles. The lowest BCUT2D eigenvalue weighted by molar-refractivity contribution is -0.117. The van der Waals surface area contributed by atoms with Gasteiger partial charge in [0.15, 0.2) is 0 Å². The molecule has 2 fully saturated rings. The fourth-order valence-electron chi connectivity index (χ4n) is 2.29. The van der Waals surface area contributed by atoms with Gasteiger partial charge in [0.2, 0.25) is 5.91 Å². The van der Waals surface area contributed by atoms with Gasteiger partial charge < -0.3 is 10.2 Å². The molecular weight excluding hydrogens is 264 g/mol. The summed E-state index contributed by atoms with van der Waals surface area (Å²) in [6.45, 7) is 0.466. The third-order valence-corrected chi connectivity index (χ3v) is 3.72. The molecule has 5 heteroatoms. The average Bonchev–Trinajstić information content (AvgIpc) is 3.13. The normalized spacial score (nSPS) is 22.7. The van der Waals surface area contributed by atoms with E-state index in [1.54, 1.807) is 17.0 Å². The summed E-state index contributed by atoms with van der Waals surface area (Å²) in [6.07, 6.45) is 2.42. The van der Waals surface area contributed by atoms with Crippen LogP contribution in [-0.2, 0) is 4.79 Å². The molecule has 3 rings (SSSR count). The zero-order valence-corrected chi connectivity index (χ0v) is 11.2. The fraction of sp³-hybridized carbons (Fsp3) is 0.429. The molecule has 1 unspecified atom stereocenters. The predicted octanol–water partition coefficient (Wildman–Crippen LogP) is 1.92.